The first-order valence-corrected chi connectivity index (χ1v) is 9.96. The smallest absolute Gasteiger partial charge is 0.264 e. The summed E-state index contributed by atoms with van der Waals surface area (Å²) in [5, 5.41) is 2.84. The van der Waals surface area contributed by atoms with Gasteiger partial charge in [-0.2, -0.15) is 0 Å². The summed E-state index contributed by atoms with van der Waals surface area (Å²) in [5.41, 5.74) is 0.792. The largest absolute Gasteiger partial charge is 0.489 e. The minimum atomic E-state index is -3.72. The summed E-state index contributed by atoms with van der Waals surface area (Å²) in [6.45, 7) is 5.03. The van der Waals surface area contributed by atoms with E-state index in [-0.39, 0.29) is 24.0 Å². The van der Waals surface area contributed by atoms with E-state index in [1.54, 1.807) is 48.5 Å². The van der Waals surface area contributed by atoms with Crippen molar-refractivity contribution in [2.45, 2.75) is 18.7 Å². The molecule has 2 aromatic rings. The number of carbonyl (C=O) groups excluding carboxylic acids is 1. The molecule has 1 aliphatic heterocycles. The van der Waals surface area contributed by atoms with Crippen LogP contribution in [0.2, 0.25) is 0 Å². The number of sulfonamides is 1. The lowest BCUT2D eigenvalue weighted by atomic mass is 10.1. The number of hydrogen-bond acceptors (Lipinski definition) is 4. The van der Waals surface area contributed by atoms with Crippen molar-refractivity contribution in [3.63, 3.8) is 0 Å². The van der Waals surface area contributed by atoms with Crippen LogP contribution in [0.25, 0.3) is 0 Å². The zero-order valence-electron chi connectivity index (χ0n) is 14.8. The monoisotopic (exact) mass is 374 g/mol. The Labute approximate surface area is 153 Å². The average molecular weight is 374 g/mol. The van der Waals surface area contributed by atoms with Gasteiger partial charge in [0.15, 0.2) is 0 Å². The molecule has 1 N–H and O–H groups in total. The van der Waals surface area contributed by atoms with Crippen LogP contribution in [0.1, 0.15) is 24.2 Å². The Kier molecular flexibility index (Phi) is 5.18. The van der Waals surface area contributed by atoms with E-state index < -0.39 is 10.0 Å². The topological polar surface area (TPSA) is 75.7 Å². The van der Waals surface area contributed by atoms with Crippen LogP contribution in [0.5, 0.6) is 5.75 Å². The highest BCUT2D eigenvalue weighted by atomic mass is 32.2. The molecule has 6 nitrogen and oxygen atoms in total. The molecule has 0 atom stereocenters. The molecule has 0 radical (unpaired) electrons. The van der Waals surface area contributed by atoms with Crippen molar-refractivity contribution in [2.75, 3.05) is 24.0 Å². The molecular weight excluding hydrogens is 352 g/mol. The van der Waals surface area contributed by atoms with Gasteiger partial charge in [0.2, 0.25) is 0 Å². The van der Waals surface area contributed by atoms with Gasteiger partial charge in [0.1, 0.15) is 12.4 Å². The number of nitrogens with one attached hydrogen (secondary N) is 1. The van der Waals surface area contributed by atoms with Crippen LogP contribution in [0.4, 0.5) is 5.69 Å². The number of amides is 1. The number of ether oxygens (including phenoxy) is 1. The lowest BCUT2D eigenvalue weighted by molar-refractivity contribution is 0.0949. The van der Waals surface area contributed by atoms with E-state index in [1.165, 1.54) is 4.31 Å². The number of hydrogen-bond donors (Lipinski definition) is 1. The van der Waals surface area contributed by atoms with Crippen molar-refractivity contribution in [3.05, 3.63) is 54.1 Å². The van der Waals surface area contributed by atoms with Crippen LogP contribution in [-0.4, -0.2) is 34.0 Å². The number of nitrogens with zero attached hydrogens (tertiary/aromatic N) is 1. The molecule has 2 aromatic carbocycles. The summed E-state index contributed by atoms with van der Waals surface area (Å²) in [7, 11) is -3.72. The maximum atomic E-state index is 13.0. The molecule has 0 aliphatic carbocycles. The van der Waals surface area contributed by atoms with Gasteiger partial charge in [-0.05, 0) is 36.2 Å². The van der Waals surface area contributed by atoms with Gasteiger partial charge in [0.25, 0.3) is 15.9 Å². The Bertz CT molecular complexity index is 895. The van der Waals surface area contributed by atoms with Crippen molar-refractivity contribution < 1.29 is 17.9 Å². The standard InChI is InChI=1S/C19H22N2O4S/c1-14(2)13-20-19(22)15-8-9-18-17(12-15)21(10-11-25-18)26(23,24)16-6-4-3-5-7-16/h3-9,12,14H,10-11,13H2,1-2H3,(H,20,22). The van der Waals surface area contributed by atoms with Gasteiger partial charge in [-0.1, -0.05) is 32.0 Å². The van der Waals surface area contributed by atoms with E-state index in [0.717, 1.165) is 0 Å². The molecular formula is C19H22N2O4S. The molecule has 1 amide bonds. The fraction of sp³-hybridized carbons (Fsp3) is 0.316. The number of benzene rings is 2. The Morgan fingerprint density at radius 3 is 2.62 bits per heavy atom. The first kappa shape index (κ1) is 18.3. The molecule has 0 saturated heterocycles. The molecule has 0 saturated carbocycles. The second-order valence-corrected chi connectivity index (χ2v) is 8.39. The summed E-state index contributed by atoms with van der Waals surface area (Å²) >= 11 is 0. The molecule has 0 unspecified atom stereocenters. The first-order valence-electron chi connectivity index (χ1n) is 8.52. The minimum absolute atomic E-state index is 0.196. The molecule has 138 valence electrons. The number of anilines is 1. The van der Waals surface area contributed by atoms with Gasteiger partial charge in [0.05, 0.1) is 17.1 Å². The third-order valence-corrected chi connectivity index (χ3v) is 5.87. The lowest BCUT2D eigenvalue weighted by Crippen LogP contribution is -2.38. The predicted octanol–water partition coefficient (Wildman–Crippen LogP) is 2.66. The summed E-state index contributed by atoms with van der Waals surface area (Å²) in [6, 6.07) is 13.1. The van der Waals surface area contributed by atoms with Gasteiger partial charge in [0, 0.05) is 12.1 Å². The fourth-order valence-electron chi connectivity index (χ4n) is 2.70. The number of rotatable bonds is 5. The van der Waals surface area contributed by atoms with E-state index in [9.17, 15) is 13.2 Å². The molecule has 0 fully saturated rings. The van der Waals surface area contributed by atoms with Gasteiger partial charge in [-0.25, -0.2) is 8.42 Å². The van der Waals surface area contributed by atoms with Crippen molar-refractivity contribution in [1.82, 2.24) is 5.32 Å². The minimum Gasteiger partial charge on any atom is -0.489 e. The third kappa shape index (κ3) is 3.67. The normalized spacial score (nSPS) is 13.9. The summed E-state index contributed by atoms with van der Waals surface area (Å²) < 4.78 is 32.9. The molecule has 7 heteroatoms. The SMILES string of the molecule is CC(C)CNC(=O)c1ccc2c(c1)N(S(=O)(=O)c1ccccc1)CCO2. The van der Waals surface area contributed by atoms with E-state index in [1.807, 2.05) is 13.8 Å². The molecule has 1 heterocycles. The van der Waals surface area contributed by atoms with E-state index in [2.05, 4.69) is 5.32 Å². The highest BCUT2D eigenvalue weighted by molar-refractivity contribution is 7.92. The zero-order chi connectivity index (χ0) is 18.7. The van der Waals surface area contributed by atoms with Crippen LogP contribution >= 0.6 is 0 Å². The Balaban J connectivity index is 1.96. The highest BCUT2D eigenvalue weighted by Gasteiger charge is 2.30. The second-order valence-electron chi connectivity index (χ2n) is 6.53. The summed E-state index contributed by atoms with van der Waals surface area (Å²) in [5.74, 6) is 0.551. The Hall–Kier alpha value is -2.54. The molecule has 1 aliphatic rings. The first-order chi connectivity index (χ1) is 12.4. The van der Waals surface area contributed by atoms with Gasteiger partial charge < -0.3 is 10.1 Å². The van der Waals surface area contributed by atoms with Crippen molar-refractivity contribution >= 4 is 21.6 Å². The summed E-state index contributed by atoms with van der Waals surface area (Å²) in [4.78, 5) is 12.6. The van der Waals surface area contributed by atoms with Crippen molar-refractivity contribution in [1.29, 1.82) is 0 Å². The van der Waals surface area contributed by atoms with E-state index in [0.29, 0.717) is 29.5 Å². The van der Waals surface area contributed by atoms with Crippen molar-refractivity contribution in [2.24, 2.45) is 5.92 Å². The van der Waals surface area contributed by atoms with Crippen LogP contribution in [0, 0.1) is 5.92 Å². The molecule has 26 heavy (non-hydrogen) atoms. The number of fused-ring (bicyclic) bond motifs is 1. The third-order valence-electron chi connectivity index (χ3n) is 4.04. The molecule has 0 spiro atoms. The van der Waals surface area contributed by atoms with E-state index >= 15 is 0 Å². The fourth-order valence-corrected chi connectivity index (χ4v) is 4.17. The Morgan fingerprint density at radius 1 is 1.19 bits per heavy atom. The van der Waals surface area contributed by atoms with Crippen LogP contribution in [0.15, 0.2) is 53.4 Å². The maximum Gasteiger partial charge on any atom is 0.264 e. The quantitative estimate of drug-likeness (QED) is 0.873. The zero-order valence-corrected chi connectivity index (χ0v) is 15.6. The molecule has 0 bridgehead atoms. The van der Waals surface area contributed by atoms with Crippen LogP contribution in [-0.2, 0) is 10.0 Å². The second kappa shape index (κ2) is 7.37. The highest BCUT2D eigenvalue weighted by Crippen LogP contribution is 2.36. The van der Waals surface area contributed by atoms with Crippen LogP contribution in [0.3, 0.4) is 0 Å². The van der Waals surface area contributed by atoms with Crippen molar-refractivity contribution in [3.8, 4) is 5.75 Å². The maximum absolute atomic E-state index is 13.0. The summed E-state index contributed by atoms with van der Waals surface area (Å²) in [6.07, 6.45) is 0. The van der Waals surface area contributed by atoms with Crippen LogP contribution < -0.4 is 14.4 Å². The number of carbonyl (C=O) groups is 1. The molecule has 0 aromatic heterocycles. The van der Waals surface area contributed by atoms with E-state index in [4.69, 9.17) is 4.74 Å². The lowest BCUT2D eigenvalue weighted by Gasteiger charge is -2.30. The van der Waals surface area contributed by atoms with Gasteiger partial charge >= 0.3 is 0 Å². The van der Waals surface area contributed by atoms with Gasteiger partial charge in [-0.3, -0.25) is 9.10 Å². The predicted molar refractivity (Wildman–Crippen MR) is 100 cm³/mol. The van der Waals surface area contributed by atoms with Gasteiger partial charge in [-0.15, -0.1) is 0 Å². The Morgan fingerprint density at radius 2 is 1.92 bits per heavy atom. The molecule has 3 rings (SSSR count). The average Bonchev–Trinajstić information content (AvgIpc) is 2.65.